The molecule has 2 unspecified atom stereocenters. The van der Waals surface area contributed by atoms with Gasteiger partial charge in [-0.2, -0.15) is 0 Å². The first-order chi connectivity index (χ1) is 13.8. The van der Waals surface area contributed by atoms with E-state index in [1.807, 2.05) is 36.4 Å². The van der Waals surface area contributed by atoms with Crippen LogP contribution in [0.15, 0.2) is 66.9 Å². The van der Waals surface area contributed by atoms with Crippen molar-refractivity contribution in [1.29, 1.82) is 0 Å². The lowest BCUT2D eigenvalue weighted by Gasteiger charge is -2.39. The highest BCUT2D eigenvalue weighted by Gasteiger charge is 2.43. The summed E-state index contributed by atoms with van der Waals surface area (Å²) in [5.41, 5.74) is 1.12. The van der Waals surface area contributed by atoms with Crippen LogP contribution in [0.3, 0.4) is 0 Å². The summed E-state index contributed by atoms with van der Waals surface area (Å²) in [6.07, 6.45) is 6.33. The first-order valence-electron chi connectivity index (χ1n) is 10.1. The second-order valence-electron chi connectivity index (χ2n) is 7.88. The Morgan fingerprint density at radius 3 is 2.50 bits per heavy atom. The maximum Gasteiger partial charge on any atom is 0.227 e. The fourth-order valence-corrected chi connectivity index (χ4v) is 4.92. The Hall–Kier alpha value is -2.88. The van der Waals surface area contributed by atoms with Gasteiger partial charge in [0.15, 0.2) is 0 Å². The van der Waals surface area contributed by atoms with Crippen molar-refractivity contribution in [3.05, 3.63) is 72.4 Å². The van der Waals surface area contributed by atoms with Crippen LogP contribution >= 0.6 is 0 Å². The smallest absolute Gasteiger partial charge is 0.227 e. The summed E-state index contributed by atoms with van der Waals surface area (Å²) >= 11 is 0. The molecule has 142 valence electrons. The average molecular weight is 372 g/mol. The summed E-state index contributed by atoms with van der Waals surface area (Å²) in [6, 6.07) is 20.8. The molecule has 0 aliphatic carbocycles. The van der Waals surface area contributed by atoms with Crippen LogP contribution in [0.4, 0.5) is 0 Å². The third-order valence-electron chi connectivity index (χ3n) is 6.12. The summed E-state index contributed by atoms with van der Waals surface area (Å²) < 4.78 is 6.09. The molecule has 2 aliphatic rings. The highest BCUT2D eigenvalue weighted by molar-refractivity contribution is 5.90. The van der Waals surface area contributed by atoms with Gasteiger partial charge < -0.3 is 9.64 Å². The minimum absolute atomic E-state index is 0.147. The zero-order valence-electron chi connectivity index (χ0n) is 15.8. The van der Waals surface area contributed by atoms with E-state index < -0.39 is 0 Å². The maximum absolute atomic E-state index is 13.2. The van der Waals surface area contributed by atoms with Gasteiger partial charge >= 0.3 is 0 Å². The van der Waals surface area contributed by atoms with E-state index in [1.165, 1.54) is 10.8 Å². The summed E-state index contributed by atoms with van der Waals surface area (Å²) in [7, 11) is 0. The first-order valence-corrected chi connectivity index (χ1v) is 10.1. The van der Waals surface area contributed by atoms with E-state index in [9.17, 15) is 4.79 Å². The lowest BCUT2D eigenvalue weighted by Crippen LogP contribution is -2.49. The molecule has 4 nitrogen and oxygen atoms in total. The molecular weight excluding hydrogens is 348 g/mol. The van der Waals surface area contributed by atoms with E-state index in [0.29, 0.717) is 12.3 Å². The molecule has 0 radical (unpaired) electrons. The van der Waals surface area contributed by atoms with Gasteiger partial charge in [0.1, 0.15) is 6.10 Å². The van der Waals surface area contributed by atoms with Gasteiger partial charge in [-0.05, 0) is 35.2 Å². The molecule has 1 aromatic heterocycles. The standard InChI is InChI=1S/C24H24N2O2/c27-24(14-18-8-5-7-17-6-1-2-9-22(17)18)26-19-11-12-20(26)16-21(15-19)28-23-10-3-4-13-25-23/h1-10,13,19-21H,11-12,14-16H2. The van der Waals surface area contributed by atoms with E-state index in [0.717, 1.165) is 31.2 Å². The van der Waals surface area contributed by atoms with Crippen LogP contribution in [0, 0.1) is 0 Å². The number of nitrogens with zero attached hydrogens (tertiary/aromatic N) is 2. The SMILES string of the molecule is O=C(Cc1cccc2ccccc12)N1C2CCC1CC(Oc1ccccn1)C2. The van der Waals surface area contributed by atoms with Crippen LogP contribution in [0.25, 0.3) is 10.8 Å². The van der Waals surface area contributed by atoms with Gasteiger partial charge in [0, 0.05) is 37.2 Å². The summed E-state index contributed by atoms with van der Waals surface area (Å²) in [5.74, 6) is 0.933. The van der Waals surface area contributed by atoms with Gasteiger partial charge in [-0.25, -0.2) is 4.98 Å². The molecule has 1 amide bonds. The number of hydrogen-bond acceptors (Lipinski definition) is 3. The molecule has 2 bridgehead atoms. The number of aromatic nitrogens is 1. The molecule has 2 aromatic carbocycles. The molecule has 4 heteroatoms. The molecule has 2 saturated heterocycles. The minimum Gasteiger partial charge on any atom is -0.474 e. The fraction of sp³-hybridized carbons (Fsp3) is 0.333. The van der Waals surface area contributed by atoms with Gasteiger partial charge in [0.2, 0.25) is 11.8 Å². The maximum atomic E-state index is 13.2. The van der Waals surface area contributed by atoms with Crippen LogP contribution in [0.2, 0.25) is 0 Å². The Morgan fingerprint density at radius 1 is 0.964 bits per heavy atom. The number of amides is 1. The molecule has 3 heterocycles. The predicted molar refractivity (Wildman–Crippen MR) is 109 cm³/mol. The lowest BCUT2D eigenvalue weighted by atomic mass is 9.97. The van der Waals surface area contributed by atoms with Gasteiger partial charge in [-0.1, -0.05) is 48.5 Å². The highest BCUT2D eigenvalue weighted by Crippen LogP contribution is 2.37. The van der Waals surface area contributed by atoms with Gasteiger partial charge in [0.25, 0.3) is 0 Å². The summed E-state index contributed by atoms with van der Waals surface area (Å²) in [5, 5.41) is 2.37. The molecule has 0 saturated carbocycles. The van der Waals surface area contributed by atoms with E-state index in [2.05, 4.69) is 34.1 Å². The van der Waals surface area contributed by atoms with Crippen molar-refractivity contribution in [1.82, 2.24) is 9.88 Å². The quantitative estimate of drug-likeness (QED) is 0.683. The number of ether oxygens (including phenoxy) is 1. The van der Waals surface area contributed by atoms with Crippen molar-refractivity contribution in [2.75, 3.05) is 0 Å². The van der Waals surface area contributed by atoms with E-state index >= 15 is 0 Å². The number of fused-ring (bicyclic) bond motifs is 3. The van der Waals surface area contributed by atoms with E-state index in [1.54, 1.807) is 6.20 Å². The van der Waals surface area contributed by atoms with Crippen molar-refractivity contribution in [3.8, 4) is 5.88 Å². The van der Waals surface area contributed by atoms with Crippen LogP contribution in [-0.4, -0.2) is 34.0 Å². The fourth-order valence-electron chi connectivity index (χ4n) is 4.92. The third kappa shape index (κ3) is 3.24. The van der Waals surface area contributed by atoms with Crippen LogP contribution in [-0.2, 0) is 11.2 Å². The summed E-state index contributed by atoms with van der Waals surface area (Å²) in [4.78, 5) is 19.6. The molecule has 28 heavy (non-hydrogen) atoms. The van der Waals surface area contributed by atoms with Crippen LogP contribution in [0.5, 0.6) is 5.88 Å². The zero-order valence-corrected chi connectivity index (χ0v) is 15.8. The number of hydrogen-bond donors (Lipinski definition) is 0. The number of carbonyl (C=O) groups is 1. The van der Waals surface area contributed by atoms with Gasteiger partial charge in [-0.3, -0.25) is 4.79 Å². The van der Waals surface area contributed by atoms with Gasteiger partial charge in [-0.15, -0.1) is 0 Å². The normalized spacial score (nSPS) is 23.7. The molecule has 2 aliphatic heterocycles. The predicted octanol–water partition coefficient (Wildman–Crippen LogP) is 4.38. The van der Waals surface area contributed by atoms with Crippen LogP contribution in [0.1, 0.15) is 31.2 Å². The van der Waals surface area contributed by atoms with E-state index in [-0.39, 0.29) is 24.1 Å². The topological polar surface area (TPSA) is 42.4 Å². The van der Waals surface area contributed by atoms with E-state index in [4.69, 9.17) is 4.74 Å². The second kappa shape index (κ2) is 7.27. The number of carbonyl (C=O) groups excluding carboxylic acids is 1. The number of pyridine rings is 1. The molecular formula is C24H24N2O2. The Morgan fingerprint density at radius 2 is 1.71 bits per heavy atom. The molecule has 5 rings (SSSR count). The number of piperidine rings is 1. The second-order valence-corrected chi connectivity index (χ2v) is 7.88. The monoisotopic (exact) mass is 372 g/mol. The Bertz CT molecular complexity index is 969. The molecule has 0 N–H and O–H groups in total. The van der Waals surface area contributed by atoms with Gasteiger partial charge in [0.05, 0.1) is 6.42 Å². The van der Waals surface area contributed by atoms with Crippen molar-refractivity contribution in [2.24, 2.45) is 0 Å². The zero-order chi connectivity index (χ0) is 18.9. The average Bonchev–Trinajstić information content (AvgIpc) is 3.00. The Labute approximate surface area is 165 Å². The Kier molecular flexibility index (Phi) is 4.47. The van der Waals surface area contributed by atoms with Crippen molar-refractivity contribution < 1.29 is 9.53 Å². The molecule has 3 aromatic rings. The highest BCUT2D eigenvalue weighted by atomic mass is 16.5. The molecule has 0 spiro atoms. The van der Waals surface area contributed by atoms with Crippen molar-refractivity contribution >= 4 is 16.7 Å². The number of benzene rings is 2. The minimum atomic E-state index is 0.147. The largest absolute Gasteiger partial charge is 0.474 e. The lowest BCUT2D eigenvalue weighted by molar-refractivity contribution is -0.136. The molecule has 2 atom stereocenters. The van der Waals surface area contributed by atoms with Crippen molar-refractivity contribution in [2.45, 2.75) is 50.3 Å². The Balaban J connectivity index is 1.30. The number of rotatable bonds is 4. The summed E-state index contributed by atoms with van der Waals surface area (Å²) in [6.45, 7) is 0. The first kappa shape index (κ1) is 17.2. The van der Waals surface area contributed by atoms with Crippen LogP contribution < -0.4 is 4.74 Å². The third-order valence-corrected chi connectivity index (χ3v) is 6.12. The van der Waals surface area contributed by atoms with Crippen molar-refractivity contribution in [3.63, 3.8) is 0 Å². The molecule has 2 fully saturated rings.